The van der Waals surface area contributed by atoms with Gasteiger partial charge in [-0.25, -0.2) is 4.79 Å². The maximum atomic E-state index is 10.4. The largest absolute Gasteiger partial charge is 1.00 e. The Hall–Kier alpha value is -0.890. The fourth-order valence-electron chi connectivity index (χ4n) is 0.517. The molecule has 0 radical (unpaired) electrons. The Labute approximate surface area is 106 Å². The molecule has 0 aromatic rings. The molecule has 0 aliphatic carbocycles. The van der Waals surface area contributed by atoms with E-state index >= 15 is 0 Å². The second-order valence-electron chi connectivity index (χ2n) is 3.01. The number of carbonyl (C=O) groups excluding carboxylic acids is 2. The van der Waals surface area contributed by atoms with Crippen LogP contribution in [-0.4, -0.2) is 55.6 Å². The highest BCUT2D eigenvalue weighted by atomic mass is 35.5. The van der Waals surface area contributed by atoms with Crippen LogP contribution in [0.4, 0.5) is 0 Å². The Kier molecular flexibility index (Phi) is 16.6. The third-order valence-electron chi connectivity index (χ3n) is 1.63. The van der Waals surface area contributed by atoms with Crippen molar-refractivity contribution in [2.75, 3.05) is 27.4 Å². The lowest BCUT2D eigenvalue weighted by Gasteiger charge is -2.02. The van der Waals surface area contributed by atoms with Crippen LogP contribution < -0.4 is 18.1 Å². The van der Waals surface area contributed by atoms with Gasteiger partial charge in [0.1, 0.15) is 6.61 Å². The Balaban J connectivity index is -0.000000218. The molecule has 0 amide bonds. The van der Waals surface area contributed by atoms with Crippen LogP contribution in [0.5, 0.6) is 0 Å². The number of methoxy groups -OCH3 is 2. The lowest BCUT2D eigenvalue weighted by molar-refractivity contribution is -0.413. The van der Waals surface area contributed by atoms with Crippen molar-refractivity contribution in [2.45, 2.75) is 13.0 Å². The molecule has 0 spiro atoms. The molecule has 0 aliphatic rings. The number of halogens is 1. The van der Waals surface area contributed by atoms with Crippen molar-refractivity contribution < 1.29 is 47.4 Å². The first kappa shape index (κ1) is 21.4. The molecule has 7 nitrogen and oxygen atoms in total. The number of aliphatic hydroxyl groups excluding tert-OH is 2. The highest BCUT2D eigenvalue weighted by Crippen LogP contribution is 1.93. The van der Waals surface area contributed by atoms with Gasteiger partial charge in [0.2, 0.25) is 6.04 Å². The summed E-state index contributed by atoms with van der Waals surface area (Å²) in [5, 5.41) is 16.6. The summed E-state index contributed by atoms with van der Waals surface area (Å²) in [5.74, 6) is -1.24. The topological polar surface area (TPSA) is 121 Å². The Morgan fingerprint density at radius 2 is 1.53 bits per heavy atom. The van der Waals surface area contributed by atoms with Crippen molar-refractivity contribution in [3.8, 4) is 0 Å². The fraction of sp³-hybridized carbons (Fsp3) is 0.778. The summed E-state index contributed by atoms with van der Waals surface area (Å²) in [5.41, 5.74) is 3.30. The van der Waals surface area contributed by atoms with Gasteiger partial charge in [0.25, 0.3) is 0 Å². The third-order valence-corrected chi connectivity index (χ3v) is 1.63. The molecule has 8 heteroatoms. The molecule has 0 aromatic heterocycles. The minimum absolute atomic E-state index is 0. The quantitative estimate of drug-likeness (QED) is 0.440. The van der Waals surface area contributed by atoms with E-state index in [-0.39, 0.29) is 37.5 Å². The normalized spacial score (nSPS) is 12.1. The summed E-state index contributed by atoms with van der Waals surface area (Å²) < 4.78 is 8.55. The van der Waals surface area contributed by atoms with E-state index in [0.29, 0.717) is 0 Å². The predicted octanol–water partition coefficient (Wildman–Crippen LogP) is -5.45. The Morgan fingerprint density at radius 3 is 1.65 bits per heavy atom. The van der Waals surface area contributed by atoms with Crippen molar-refractivity contribution in [3.63, 3.8) is 0 Å². The summed E-state index contributed by atoms with van der Waals surface area (Å²) >= 11 is 0. The number of aliphatic hydroxyl groups is 2. The second kappa shape index (κ2) is 13.2. The van der Waals surface area contributed by atoms with Gasteiger partial charge in [-0.05, 0) is 6.92 Å². The molecule has 0 saturated carbocycles. The van der Waals surface area contributed by atoms with Crippen LogP contribution in [0.3, 0.4) is 0 Å². The molecule has 0 saturated heterocycles. The van der Waals surface area contributed by atoms with Gasteiger partial charge < -0.3 is 37.8 Å². The molecular weight excluding hydrogens is 254 g/mol. The van der Waals surface area contributed by atoms with Gasteiger partial charge in [-0.2, -0.15) is 0 Å². The average Bonchev–Trinajstić information content (AvgIpc) is 2.35. The maximum Gasteiger partial charge on any atom is 0.366 e. The summed E-state index contributed by atoms with van der Waals surface area (Å²) in [6, 6.07) is -0.639. The number of rotatable bonds is 4. The first-order valence-electron chi connectivity index (χ1n) is 4.64. The molecule has 0 bridgehead atoms. The lowest BCUT2D eigenvalue weighted by atomic mass is 10.2. The summed E-state index contributed by atoms with van der Waals surface area (Å²) in [6.45, 7) is 1.20. The van der Waals surface area contributed by atoms with E-state index in [1.165, 1.54) is 14.2 Å². The van der Waals surface area contributed by atoms with E-state index in [1.54, 1.807) is 6.92 Å². The van der Waals surface area contributed by atoms with E-state index in [2.05, 4.69) is 15.2 Å². The zero-order valence-corrected chi connectivity index (χ0v) is 10.9. The van der Waals surface area contributed by atoms with Crippen LogP contribution in [0.2, 0.25) is 0 Å². The van der Waals surface area contributed by atoms with E-state index < -0.39 is 12.0 Å². The van der Waals surface area contributed by atoms with Crippen molar-refractivity contribution in [2.24, 2.45) is 5.92 Å². The van der Waals surface area contributed by atoms with Crippen molar-refractivity contribution >= 4 is 11.9 Å². The molecule has 5 N–H and O–H groups in total. The predicted molar refractivity (Wildman–Crippen MR) is 54.0 cm³/mol. The van der Waals surface area contributed by atoms with Crippen LogP contribution in [0.25, 0.3) is 0 Å². The van der Waals surface area contributed by atoms with Crippen molar-refractivity contribution in [3.05, 3.63) is 0 Å². The van der Waals surface area contributed by atoms with Gasteiger partial charge >= 0.3 is 11.9 Å². The number of hydrogen-bond donors (Lipinski definition) is 3. The lowest BCUT2D eigenvalue weighted by Crippen LogP contribution is -3.00. The molecule has 0 fully saturated rings. The highest BCUT2D eigenvalue weighted by Gasteiger charge is 2.14. The third kappa shape index (κ3) is 11.4. The van der Waals surface area contributed by atoms with Crippen LogP contribution in [0, 0.1) is 5.92 Å². The minimum atomic E-state index is -0.639. The number of quaternary nitrogens is 1. The number of hydrogen-bond acceptors (Lipinski definition) is 6. The molecule has 0 heterocycles. The van der Waals surface area contributed by atoms with E-state index in [1.807, 2.05) is 0 Å². The molecule has 2 atom stereocenters. The molecule has 17 heavy (non-hydrogen) atoms. The molecule has 0 rings (SSSR count). The first-order chi connectivity index (χ1) is 7.44. The number of ether oxygens (including phenoxy) is 2. The molecule has 0 aliphatic heterocycles. The smallest absolute Gasteiger partial charge is 0.366 e. The van der Waals surface area contributed by atoms with Gasteiger partial charge in [-0.1, -0.05) is 0 Å². The van der Waals surface area contributed by atoms with Gasteiger partial charge in [0.15, 0.2) is 0 Å². The average molecular weight is 274 g/mol. The SMILES string of the molecule is COC(=O)[C@H](C)CO.COC(=O)[C@H]([NH3+])CO.[Cl-]. The molecule has 0 aromatic carbocycles. The summed E-state index contributed by atoms with van der Waals surface area (Å²) in [6.07, 6.45) is 0. The van der Waals surface area contributed by atoms with Crippen molar-refractivity contribution in [1.29, 1.82) is 0 Å². The monoisotopic (exact) mass is 273 g/mol. The van der Waals surface area contributed by atoms with Gasteiger partial charge in [-0.15, -0.1) is 0 Å². The van der Waals surface area contributed by atoms with E-state index in [4.69, 9.17) is 10.2 Å². The number of carbonyl (C=O) groups is 2. The van der Waals surface area contributed by atoms with Crippen molar-refractivity contribution in [1.82, 2.24) is 0 Å². The zero-order chi connectivity index (χ0) is 13.1. The van der Waals surface area contributed by atoms with E-state index in [0.717, 1.165) is 0 Å². The maximum absolute atomic E-state index is 10.4. The van der Waals surface area contributed by atoms with Crippen LogP contribution in [0.15, 0.2) is 0 Å². The summed E-state index contributed by atoms with van der Waals surface area (Å²) in [7, 11) is 2.56. The van der Waals surface area contributed by atoms with E-state index in [9.17, 15) is 9.59 Å². The van der Waals surface area contributed by atoms with Crippen LogP contribution >= 0.6 is 0 Å². The molecular formula is C9H20ClNO6. The molecule has 0 unspecified atom stereocenters. The Morgan fingerprint density at radius 1 is 1.12 bits per heavy atom. The zero-order valence-electron chi connectivity index (χ0n) is 10.2. The minimum Gasteiger partial charge on any atom is -1.00 e. The summed E-state index contributed by atoms with van der Waals surface area (Å²) in [4.78, 5) is 20.7. The fourth-order valence-corrected chi connectivity index (χ4v) is 0.517. The van der Waals surface area contributed by atoms with Crippen LogP contribution in [0.1, 0.15) is 6.92 Å². The molecule has 104 valence electrons. The highest BCUT2D eigenvalue weighted by molar-refractivity contribution is 5.73. The van der Waals surface area contributed by atoms with Gasteiger partial charge in [-0.3, -0.25) is 4.79 Å². The Bertz CT molecular complexity index is 192. The van der Waals surface area contributed by atoms with Gasteiger partial charge in [0.05, 0.1) is 26.7 Å². The number of esters is 2. The second-order valence-corrected chi connectivity index (χ2v) is 3.01. The van der Waals surface area contributed by atoms with Crippen LogP contribution in [-0.2, 0) is 19.1 Å². The first-order valence-corrected chi connectivity index (χ1v) is 4.64. The van der Waals surface area contributed by atoms with Gasteiger partial charge in [0, 0.05) is 0 Å². The standard InChI is InChI=1S/C5H10O3.C4H9NO3.ClH/c1-4(3-6)5(7)8-2;1-8-4(7)3(5)2-6;/h4,6H,3H2,1-2H3;3,6H,2,5H2,1H3;1H/t4-;3-;/m11./s1.